The van der Waals surface area contributed by atoms with Crippen molar-refractivity contribution in [2.45, 2.75) is 38.1 Å². The van der Waals surface area contributed by atoms with E-state index in [1.54, 1.807) is 11.7 Å². The van der Waals surface area contributed by atoms with Gasteiger partial charge in [-0.3, -0.25) is 0 Å². The first-order valence-electron chi connectivity index (χ1n) is 5.60. The van der Waals surface area contributed by atoms with Gasteiger partial charge in [-0.1, -0.05) is 19.3 Å². The van der Waals surface area contributed by atoms with Crippen LogP contribution in [0.25, 0.3) is 0 Å². The molecule has 0 amide bonds. The van der Waals surface area contributed by atoms with Crippen LogP contribution in [0.1, 0.15) is 44.0 Å². The van der Waals surface area contributed by atoms with Gasteiger partial charge in [0.25, 0.3) is 0 Å². The highest BCUT2D eigenvalue weighted by Crippen LogP contribution is 2.31. The molecule has 1 saturated carbocycles. The van der Waals surface area contributed by atoms with Gasteiger partial charge in [-0.05, 0) is 18.8 Å². The average molecular weight is 209 g/mol. The van der Waals surface area contributed by atoms with Gasteiger partial charge in [-0.2, -0.15) is 10.1 Å². The summed E-state index contributed by atoms with van der Waals surface area (Å²) in [6, 6.07) is -0.0474. The van der Waals surface area contributed by atoms with Crippen molar-refractivity contribution in [3.63, 3.8) is 0 Å². The normalized spacial score (nSPS) is 20.4. The third kappa shape index (κ3) is 2.12. The lowest BCUT2D eigenvalue weighted by Gasteiger charge is -2.25. The summed E-state index contributed by atoms with van der Waals surface area (Å²) in [5.41, 5.74) is 11.8. The fraction of sp³-hybridized carbons (Fsp3) is 0.800. The largest absolute Gasteiger partial charge is 0.368 e. The van der Waals surface area contributed by atoms with Gasteiger partial charge in [0.2, 0.25) is 5.95 Å². The molecule has 1 aromatic heterocycles. The highest BCUT2D eigenvalue weighted by atomic mass is 15.4. The van der Waals surface area contributed by atoms with E-state index in [9.17, 15) is 0 Å². The Morgan fingerprint density at radius 3 is 2.53 bits per heavy atom. The van der Waals surface area contributed by atoms with E-state index >= 15 is 0 Å². The number of hydrogen-bond donors (Lipinski definition) is 2. The summed E-state index contributed by atoms with van der Waals surface area (Å²) < 4.78 is 1.58. The summed E-state index contributed by atoms with van der Waals surface area (Å²) in [7, 11) is 1.79. The minimum atomic E-state index is -0.0474. The van der Waals surface area contributed by atoms with Crippen LogP contribution in [0.15, 0.2) is 0 Å². The molecule has 1 aromatic rings. The van der Waals surface area contributed by atoms with E-state index < -0.39 is 0 Å². The molecule has 1 heterocycles. The van der Waals surface area contributed by atoms with Crippen LogP contribution in [-0.4, -0.2) is 14.8 Å². The third-order valence-corrected chi connectivity index (χ3v) is 3.27. The van der Waals surface area contributed by atoms with Gasteiger partial charge in [0.15, 0.2) is 5.82 Å². The van der Waals surface area contributed by atoms with Crippen LogP contribution >= 0.6 is 0 Å². The van der Waals surface area contributed by atoms with Gasteiger partial charge in [-0.25, -0.2) is 4.68 Å². The Bertz CT molecular complexity index is 307. The van der Waals surface area contributed by atoms with E-state index in [1.807, 2.05) is 0 Å². The van der Waals surface area contributed by atoms with Crippen LogP contribution in [-0.2, 0) is 7.05 Å². The molecular formula is C10H19N5. The number of aryl methyl sites for hydroxylation is 1. The van der Waals surface area contributed by atoms with Gasteiger partial charge < -0.3 is 11.5 Å². The maximum absolute atomic E-state index is 6.16. The second-order valence-corrected chi connectivity index (χ2v) is 4.38. The molecule has 1 fully saturated rings. The Balaban J connectivity index is 2.08. The fourth-order valence-electron chi connectivity index (χ4n) is 2.26. The molecule has 5 heteroatoms. The van der Waals surface area contributed by atoms with Crippen molar-refractivity contribution in [2.75, 3.05) is 5.73 Å². The Kier molecular flexibility index (Phi) is 2.90. The molecule has 2 rings (SSSR count). The molecule has 5 nitrogen and oxygen atoms in total. The monoisotopic (exact) mass is 209 g/mol. The number of hydrogen-bond acceptors (Lipinski definition) is 4. The summed E-state index contributed by atoms with van der Waals surface area (Å²) in [6.45, 7) is 0. The standard InChI is InChI=1S/C10H19N5/c1-15-10(12)13-9(14-15)8(11)7-5-3-2-4-6-7/h7-8H,2-6,11H2,1H3,(H2,12,13,14). The molecule has 1 unspecified atom stereocenters. The molecule has 0 aliphatic heterocycles. The van der Waals surface area contributed by atoms with E-state index in [4.69, 9.17) is 11.5 Å². The maximum atomic E-state index is 6.16. The smallest absolute Gasteiger partial charge is 0.218 e. The predicted octanol–water partition coefficient (Wildman–Crippen LogP) is 0.977. The molecule has 1 aliphatic rings. The first-order valence-corrected chi connectivity index (χ1v) is 5.60. The van der Waals surface area contributed by atoms with Crippen molar-refractivity contribution in [2.24, 2.45) is 18.7 Å². The average Bonchev–Trinajstić information content (AvgIpc) is 2.59. The van der Waals surface area contributed by atoms with Crippen molar-refractivity contribution < 1.29 is 0 Å². The number of nitrogen functional groups attached to an aromatic ring is 1. The Labute approximate surface area is 89.9 Å². The van der Waals surface area contributed by atoms with E-state index in [2.05, 4.69) is 10.1 Å². The Morgan fingerprint density at radius 1 is 1.33 bits per heavy atom. The van der Waals surface area contributed by atoms with Gasteiger partial charge in [0.1, 0.15) is 0 Å². The molecule has 15 heavy (non-hydrogen) atoms. The number of rotatable bonds is 2. The van der Waals surface area contributed by atoms with Crippen LogP contribution in [0.5, 0.6) is 0 Å². The second-order valence-electron chi connectivity index (χ2n) is 4.38. The number of nitrogens with two attached hydrogens (primary N) is 2. The van der Waals surface area contributed by atoms with Gasteiger partial charge >= 0.3 is 0 Å². The summed E-state index contributed by atoms with van der Waals surface area (Å²) in [5, 5.41) is 4.24. The lowest BCUT2D eigenvalue weighted by atomic mass is 9.84. The first kappa shape index (κ1) is 10.4. The number of aromatic nitrogens is 3. The third-order valence-electron chi connectivity index (χ3n) is 3.27. The zero-order valence-electron chi connectivity index (χ0n) is 9.19. The van der Waals surface area contributed by atoms with E-state index in [0.29, 0.717) is 17.7 Å². The molecule has 0 spiro atoms. The first-order chi connectivity index (χ1) is 7.18. The lowest BCUT2D eigenvalue weighted by molar-refractivity contribution is 0.300. The highest BCUT2D eigenvalue weighted by Gasteiger charge is 2.25. The summed E-state index contributed by atoms with van der Waals surface area (Å²) >= 11 is 0. The van der Waals surface area contributed by atoms with Crippen molar-refractivity contribution in [1.29, 1.82) is 0 Å². The Morgan fingerprint density at radius 2 is 2.00 bits per heavy atom. The van der Waals surface area contributed by atoms with Crippen molar-refractivity contribution in [3.8, 4) is 0 Å². The molecule has 4 N–H and O–H groups in total. The van der Waals surface area contributed by atoms with Crippen molar-refractivity contribution in [1.82, 2.24) is 14.8 Å². The topological polar surface area (TPSA) is 82.8 Å². The zero-order valence-corrected chi connectivity index (χ0v) is 9.19. The predicted molar refractivity (Wildman–Crippen MR) is 58.9 cm³/mol. The molecule has 0 bridgehead atoms. The highest BCUT2D eigenvalue weighted by molar-refractivity contribution is 5.17. The second kappa shape index (κ2) is 4.18. The van der Waals surface area contributed by atoms with Crippen LogP contribution in [0.2, 0.25) is 0 Å². The summed E-state index contributed by atoms with van der Waals surface area (Å²) in [4.78, 5) is 4.19. The molecule has 0 aromatic carbocycles. The van der Waals surface area contributed by atoms with Crippen LogP contribution in [0.3, 0.4) is 0 Å². The number of anilines is 1. The summed E-state index contributed by atoms with van der Waals surface area (Å²) in [6.07, 6.45) is 6.28. The van der Waals surface area contributed by atoms with Crippen molar-refractivity contribution >= 4 is 5.95 Å². The molecule has 84 valence electrons. The van der Waals surface area contributed by atoms with Crippen LogP contribution < -0.4 is 11.5 Å². The van der Waals surface area contributed by atoms with Crippen LogP contribution in [0.4, 0.5) is 5.95 Å². The summed E-state index contributed by atoms with van der Waals surface area (Å²) in [5.74, 6) is 1.67. The van der Waals surface area contributed by atoms with E-state index in [0.717, 1.165) is 0 Å². The minimum Gasteiger partial charge on any atom is -0.368 e. The molecule has 0 radical (unpaired) electrons. The minimum absolute atomic E-state index is 0.0474. The quantitative estimate of drug-likeness (QED) is 0.760. The van der Waals surface area contributed by atoms with Crippen LogP contribution in [0, 0.1) is 5.92 Å². The van der Waals surface area contributed by atoms with Gasteiger partial charge in [0, 0.05) is 7.05 Å². The molecule has 1 aliphatic carbocycles. The Hall–Kier alpha value is -1.10. The van der Waals surface area contributed by atoms with Gasteiger partial charge in [0.05, 0.1) is 6.04 Å². The van der Waals surface area contributed by atoms with Crippen molar-refractivity contribution in [3.05, 3.63) is 5.82 Å². The van der Waals surface area contributed by atoms with Gasteiger partial charge in [-0.15, -0.1) is 0 Å². The van der Waals surface area contributed by atoms with E-state index in [-0.39, 0.29) is 6.04 Å². The fourth-order valence-corrected chi connectivity index (χ4v) is 2.26. The maximum Gasteiger partial charge on any atom is 0.218 e. The number of nitrogens with zero attached hydrogens (tertiary/aromatic N) is 3. The molecular weight excluding hydrogens is 190 g/mol. The lowest BCUT2D eigenvalue weighted by Crippen LogP contribution is -2.24. The molecule has 1 atom stereocenters. The zero-order chi connectivity index (χ0) is 10.8. The SMILES string of the molecule is Cn1nc(C(N)C2CCCCC2)nc1N. The van der Waals surface area contributed by atoms with E-state index in [1.165, 1.54) is 32.1 Å². The molecule has 0 saturated heterocycles.